The van der Waals surface area contributed by atoms with Gasteiger partial charge in [0.15, 0.2) is 10.8 Å². The van der Waals surface area contributed by atoms with Gasteiger partial charge in [-0.1, -0.05) is 11.6 Å². The smallest absolute Gasteiger partial charge is 0.276 e. The first-order chi connectivity index (χ1) is 10.2. The number of benzene rings is 1. The largest absolute Gasteiger partial charge is 0.321 e. The summed E-state index contributed by atoms with van der Waals surface area (Å²) in [7, 11) is 0. The van der Waals surface area contributed by atoms with E-state index >= 15 is 0 Å². The molecule has 0 fully saturated rings. The van der Waals surface area contributed by atoms with Crippen molar-refractivity contribution in [3.63, 3.8) is 0 Å². The highest BCUT2D eigenvalue weighted by atomic mass is 35.5. The normalized spacial score (nSPS) is 10.3. The van der Waals surface area contributed by atoms with Gasteiger partial charge in [0.05, 0.1) is 5.69 Å². The van der Waals surface area contributed by atoms with E-state index in [2.05, 4.69) is 31.0 Å². The summed E-state index contributed by atoms with van der Waals surface area (Å²) in [6.45, 7) is 0. The number of nitrogens with one attached hydrogen (secondary N) is 1. The van der Waals surface area contributed by atoms with Gasteiger partial charge in [0.1, 0.15) is 6.33 Å². The standard InChI is InChI=1S/C12H8ClN7O/c13-11-6-5-10(16-17-11)12(21)15-8-1-3-9(4-2-8)20-7-14-18-19-20/h1-7H,(H,15,21). The fourth-order valence-electron chi connectivity index (χ4n) is 1.61. The summed E-state index contributed by atoms with van der Waals surface area (Å²) in [5.74, 6) is -0.366. The van der Waals surface area contributed by atoms with E-state index in [0.717, 1.165) is 5.69 Å². The molecule has 0 bridgehead atoms. The molecule has 2 aromatic heterocycles. The maximum absolute atomic E-state index is 11.9. The van der Waals surface area contributed by atoms with Crippen LogP contribution in [0.3, 0.4) is 0 Å². The van der Waals surface area contributed by atoms with Gasteiger partial charge in [0.25, 0.3) is 5.91 Å². The molecule has 0 unspecified atom stereocenters. The molecule has 21 heavy (non-hydrogen) atoms. The summed E-state index contributed by atoms with van der Waals surface area (Å²) >= 11 is 5.62. The van der Waals surface area contributed by atoms with E-state index in [1.54, 1.807) is 24.3 Å². The van der Waals surface area contributed by atoms with Crippen LogP contribution in [0.15, 0.2) is 42.7 Å². The maximum atomic E-state index is 11.9. The van der Waals surface area contributed by atoms with E-state index in [1.165, 1.54) is 23.1 Å². The van der Waals surface area contributed by atoms with Crippen LogP contribution in [0, 0.1) is 0 Å². The molecule has 0 radical (unpaired) electrons. The highest BCUT2D eigenvalue weighted by Gasteiger charge is 2.08. The van der Waals surface area contributed by atoms with E-state index in [9.17, 15) is 4.79 Å². The van der Waals surface area contributed by atoms with Crippen LogP contribution in [0.1, 0.15) is 10.5 Å². The van der Waals surface area contributed by atoms with Gasteiger partial charge in [-0.2, -0.15) is 0 Å². The van der Waals surface area contributed by atoms with Gasteiger partial charge in [-0.05, 0) is 46.8 Å². The second-order valence-corrected chi connectivity index (χ2v) is 4.38. The molecule has 1 N–H and O–H groups in total. The van der Waals surface area contributed by atoms with Crippen LogP contribution in [-0.4, -0.2) is 36.3 Å². The molecule has 2 heterocycles. The number of anilines is 1. The van der Waals surface area contributed by atoms with Crippen molar-refractivity contribution in [1.29, 1.82) is 0 Å². The monoisotopic (exact) mass is 301 g/mol. The van der Waals surface area contributed by atoms with Crippen molar-refractivity contribution in [2.45, 2.75) is 0 Å². The number of aromatic nitrogens is 6. The van der Waals surface area contributed by atoms with Crippen LogP contribution < -0.4 is 5.32 Å². The van der Waals surface area contributed by atoms with Crippen molar-refractivity contribution < 1.29 is 4.79 Å². The minimum atomic E-state index is -0.366. The molecule has 0 aliphatic rings. The van der Waals surface area contributed by atoms with Gasteiger partial charge in [0, 0.05) is 5.69 Å². The molecule has 1 aromatic carbocycles. The third kappa shape index (κ3) is 3.00. The quantitative estimate of drug-likeness (QED) is 0.784. The molecule has 0 saturated carbocycles. The van der Waals surface area contributed by atoms with E-state index in [1.807, 2.05) is 0 Å². The van der Waals surface area contributed by atoms with Crippen LogP contribution in [0.4, 0.5) is 5.69 Å². The Labute approximate surface area is 123 Å². The SMILES string of the molecule is O=C(Nc1ccc(-n2cnnn2)cc1)c1ccc(Cl)nn1. The average molecular weight is 302 g/mol. The Morgan fingerprint density at radius 1 is 1.10 bits per heavy atom. The number of nitrogens with zero attached hydrogens (tertiary/aromatic N) is 6. The van der Waals surface area contributed by atoms with E-state index in [4.69, 9.17) is 11.6 Å². The Morgan fingerprint density at radius 3 is 2.52 bits per heavy atom. The van der Waals surface area contributed by atoms with Gasteiger partial charge < -0.3 is 5.32 Å². The zero-order chi connectivity index (χ0) is 14.7. The van der Waals surface area contributed by atoms with Crippen molar-refractivity contribution in [1.82, 2.24) is 30.4 Å². The van der Waals surface area contributed by atoms with E-state index < -0.39 is 0 Å². The summed E-state index contributed by atoms with van der Waals surface area (Å²) in [5.41, 5.74) is 1.59. The molecule has 0 aliphatic heterocycles. The number of amides is 1. The molecule has 1 amide bonds. The Bertz CT molecular complexity index is 740. The van der Waals surface area contributed by atoms with Crippen LogP contribution in [0.2, 0.25) is 5.15 Å². The topological polar surface area (TPSA) is 98.5 Å². The van der Waals surface area contributed by atoms with Crippen molar-refractivity contribution in [2.75, 3.05) is 5.32 Å². The van der Waals surface area contributed by atoms with Gasteiger partial charge in [-0.25, -0.2) is 4.68 Å². The zero-order valence-corrected chi connectivity index (χ0v) is 11.3. The number of rotatable bonds is 3. The van der Waals surface area contributed by atoms with Gasteiger partial charge >= 0.3 is 0 Å². The van der Waals surface area contributed by atoms with Gasteiger partial charge in [-0.3, -0.25) is 4.79 Å². The van der Waals surface area contributed by atoms with Gasteiger partial charge in [-0.15, -0.1) is 15.3 Å². The Kier molecular flexibility index (Phi) is 3.52. The molecule has 3 aromatic rings. The lowest BCUT2D eigenvalue weighted by molar-refractivity contribution is 0.102. The first kappa shape index (κ1) is 13.1. The minimum Gasteiger partial charge on any atom is -0.321 e. The maximum Gasteiger partial charge on any atom is 0.276 e. The molecule has 0 saturated heterocycles. The third-order valence-corrected chi connectivity index (χ3v) is 2.80. The van der Waals surface area contributed by atoms with Gasteiger partial charge in [0.2, 0.25) is 0 Å². The Balaban J connectivity index is 1.73. The summed E-state index contributed by atoms with van der Waals surface area (Å²) in [6.07, 6.45) is 1.48. The average Bonchev–Trinajstić information content (AvgIpc) is 3.03. The Morgan fingerprint density at radius 2 is 1.90 bits per heavy atom. The Hall–Kier alpha value is -2.87. The second-order valence-electron chi connectivity index (χ2n) is 4.00. The summed E-state index contributed by atoms with van der Waals surface area (Å²) < 4.78 is 1.51. The highest BCUT2D eigenvalue weighted by Crippen LogP contribution is 2.13. The predicted molar refractivity (Wildman–Crippen MR) is 74.1 cm³/mol. The number of hydrogen-bond acceptors (Lipinski definition) is 6. The number of tetrazole rings is 1. The molecular weight excluding hydrogens is 294 g/mol. The highest BCUT2D eigenvalue weighted by molar-refractivity contribution is 6.29. The lowest BCUT2D eigenvalue weighted by Crippen LogP contribution is -2.14. The van der Waals surface area contributed by atoms with Crippen molar-refractivity contribution in [2.24, 2.45) is 0 Å². The van der Waals surface area contributed by atoms with Crippen molar-refractivity contribution >= 4 is 23.2 Å². The van der Waals surface area contributed by atoms with Crippen LogP contribution in [0.25, 0.3) is 5.69 Å². The fraction of sp³-hybridized carbons (Fsp3) is 0. The zero-order valence-electron chi connectivity index (χ0n) is 10.5. The second kappa shape index (κ2) is 5.63. The van der Waals surface area contributed by atoms with Crippen molar-refractivity contribution in [3.05, 3.63) is 53.6 Å². The fourth-order valence-corrected chi connectivity index (χ4v) is 1.71. The molecule has 3 rings (SSSR count). The van der Waals surface area contributed by atoms with Crippen LogP contribution in [-0.2, 0) is 0 Å². The summed E-state index contributed by atoms with van der Waals surface area (Å²) in [4.78, 5) is 11.9. The summed E-state index contributed by atoms with van der Waals surface area (Å²) in [6, 6.07) is 10.0. The molecule has 0 atom stereocenters. The van der Waals surface area contributed by atoms with E-state index in [-0.39, 0.29) is 16.8 Å². The molecule has 9 heteroatoms. The van der Waals surface area contributed by atoms with Crippen LogP contribution in [0.5, 0.6) is 0 Å². The van der Waals surface area contributed by atoms with E-state index in [0.29, 0.717) is 5.69 Å². The number of carbonyl (C=O) groups is 1. The molecule has 0 aliphatic carbocycles. The lowest BCUT2D eigenvalue weighted by Gasteiger charge is -2.05. The van der Waals surface area contributed by atoms with Crippen molar-refractivity contribution in [3.8, 4) is 5.69 Å². The first-order valence-corrected chi connectivity index (χ1v) is 6.24. The molecule has 104 valence electrons. The molecule has 0 spiro atoms. The molecular formula is C12H8ClN7O. The predicted octanol–water partition coefficient (Wildman–Crippen LogP) is 1.36. The van der Waals surface area contributed by atoms with Crippen LogP contribution >= 0.6 is 11.6 Å². The minimum absolute atomic E-state index is 0.184. The number of hydrogen-bond donors (Lipinski definition) is 1. The third-order valence-electron chi connectivity index (χ3n) is 2.60. The lowest BCUT2D eigenvalue weighted by atomic mass is 10.2. The first-order valence-electron chi connectivity index (χ1n) is 5.86. The summed E-state index contributed by atoms with van der Waals surface area (Å²) in [5, 5.41) is 21.1. The number of halogens is 1. The molecule has 8 nitrogen and oxygen atoms in total. The number of carbonyl (C=O) groups excluding carboxylic acids is 1.